The summed E-state index contributed by atoms with van der Waals surface area (Å²) in [6.45, 7) is 0. The van der Waals surface area contributed by atoms with E-state index < -0.39 is 0 Å². The van der Waals surface area contributed by atoms with Gasteiger partial charge in [0.15, 0.2) is 5.13 Å². The largest absolute Gasteiger partial charge is 0.456 e. The normalized spacial score (nSPS) is 10.3. The number of para-hydroxylation sites is 1. The van der Waals surface area contributed by atoms with Crippen LogP contribution >= 0.6 is 27.3 Å². The molecule has 116 valence electrons. The van der Waals surface area contributed by atoms with Crippen molar-refractivity contribution in [1.29, 1.82) is 0 Å². The fourth-order valence-corrected chi connectivity index (χ4v) is 3.02. The van der Waals surface area contributed by atoms with Gasteiger partial charge in [-0.2, -0.15) is 0 Å². The first kappa shape index (κ1) is 15.7. The van der Waals surface area contributed by atoms with E-state index in [1.54, 1.807) is 25.4 Å². The van der Waals surface area contributed by atoms with Crippen LogP contribution in [0.4, 0.5) is 5.13 Å². The molecule has 0 aliphatic rings. The molecule has 1 aromatic heterocycles. The first-order chi connectivity index (χ1) is 11.1. The van der Waals surface area contributed by atoms with Crippen molar-refractivity contribution in [2.24, 2.45) is 0 Å². The Morgan fingerprint density at radius 1 is 1.22 bits per heavy atom. The molecule has 0 atom stereocenters. The number of carbonyl (C=O) groups excluding carboxylic acids is 1. The summed E-state index contributed by atoms with van der Waals surface area (Å²) >= 11 is 4.82. The van der Waals surface area contributed by atoms with E-state index in [2.05, 4.69) is 20.9 Å². The number of benzene rings is 2. The number of anilines is 1. The van der Waals surface area contributed by atoms with E-state index in [9.17, 15) is 4.79 Å². The lowest BCUT2D eigenvalue weighted by Crippen LogP contribution is -2.26. The Morgan fingerprint density at radius 2 is 2.04 bits per heavy atom. The Labute approximate surface area is 146 Å². The van der Waals surface area contributed by atoms with E-state index in [4.69, 9.17) is 4.74 Å². The Hall–Kier alpha value is -2.18. The van der Waals surface area contributed by atoms with E-state index in [0.29, 0.717) is 22.2 Å². The lowest BCUT2D eigenvalue weighted by atomic mass is 10.2. The summed E-state index contributed by atoms with van der Waals surface area (Å²) in [6, 6.07) is 14.7. The van der Waals surface area contributed by atoms with Crippen LogP contribution in [0.15, 0.2) is 64.6 Å². The van der Waals surface area contributed by atoms with Crippen LogP contribution in [-0.2, 0) is 0 Å². The highest BCUT2D eigenvalue weighted by Gasteiger charge is 2.19. The van der Waals surface area contributed by atoms with Gasteiger partial charge in [0.05, 0.1) is 5.56 Å². The van der Waals surface area contributed by atoms with Crippen LogP contribution in [0.25, 0.3) is 0 Å². The van der Waals surface area contributed by atoms with Gasteiger partial charge in [0, 0.05) is 23.1 Å². The first-order valence-corrected chi connectivity index (χ1v) is 8.52. The van der Waals surface area contributed by atoms with E-state index >= 15 is 0 Å². The molecule has 1 amide bonds. The number of aromatic nitrogens is 1. The molecule has 23 heavy (non-hydrogen) atoms. The highest BCUT2D eigenvalue weighted by atomic mass is 79.9. The summed E-state index contributed by atoms with van der Waals surface area (Å²) < 4.78 is 6.80. The third-order valence-corrected chi connectivity index (χ3v) is 4.49. The zero-order valence-electron chi connectivity index (χ0n) is 12.3. The topological polar surface area (TPSA) is 42.4 Å². The van der Waals surface area contributed by atoms with Gasteiger partial charge in [0.1, 0.15) is 11.5 Å². The molecule has 0 fully saturated rings. The highest BCUT2D eigenvalue weighted by molar-refractivity contribution is 9.10. The SMILES string of the molecule is CN(C(=O)c1ccccc1Oc1cccc(Br)c1)c1nccs1. The van der Waals surface area contributed by atoms with Crippen molar-refractivity contribution in [3.8, 4) is 11.5 Å². The molecule has 3 rings (SSSR count). The monoisotopic (exact) mass is 388 g/mol. The standard InChI is InChI=1S/C17H13BrN2O2S/c1-20(17-19-9-10-23-17)16(21)14-7-2-3-8-15(14)22-13-6-4-5-12(18)11-13/h2-11H,1H3. The van der Waals surface area contributed by atoms with Gasteiger partial charge in [-0.05, 0) is 30.3 Å². The molecule has 0 saturated carbocycles. The van der Waals surface area contributed by atoms with Crippen molar-refractivity contribution in [3.05, 3.63) is 70.1 Å². The molecule has 0 aliphatic carbocycles. The lowest BCUT2D eigenvalue weighted by Gasteiger charge is -2.16. The highest BCUT2D eigenvalue weighted by Crippen LogP contribution is 2.29. The second kappa shape index (κ2) is 6.93. The summed E-state index contributed by atoms with van der Waals surface area (Å²) in [5.41, 5.74) is 0.491. The van der Waals surface area contributed by atoms with Crippen LogP contribution in [-0.4, -0.2) is 17.9 Å². The maximum atomic E-state index is 12.7. The van der Waals surface area contributed by atoms with Crippen molar-refractivity contribution < 1.29 is 9.53 Å². The summed E-state index contributed by atoms with van der Waals surface area (Å²) in [4.78, 5) is 18.4. The molecule has 2 aromatic carbocycles. The fraction of sp³-hybridized carbons (Fsp3) is 0.0588. The van der Waals surface area contributed by atoms with Gasteiger partial charge in [-0.3, -0.25) is 9.69 Å². The molecule has 0 bridgehead atoms. The molecule has 0 saturated heterocycles. The number of carbonyl (C=O) groups is 1. The third-order valence-electron chi connectivity index (χ3n) is 3.15. The summed E-state index contributed by atoms with van der Waals surface area (Å²) in [6.07, 6.45) is 1.67. The van der Waals surface area contributed by atoms with Crippen LogP contribution < -0.4 is 9.64 Å². The Balaban J connectivity index is 1.90. The van der Waals surface area contributed by atoms with Gasteiger partial charge in [-0.25, -0.2) is 4.98 Å². The average molecular weight is 389 g/mol. The number of hydrogen-bond donors (Lipinski definition) is 0. The number of amides is 1. The summed E-state index contributed by atoms with van der Waals surface area (Å²) in [7, 11) is 1.71. The lowest BCUT2D eigenvalue weighted by molar-refractivity contribution is 0.0991. The molecule has 0 N–H and O–H groups in total. The van der Waals surface area contributed by atoms with E-state index in [1.807, 2.05) is 41.8 Å². The summed E-state index contributed by atoms with van der Waals surface area (Å²) in [5, 5.41) is 2.48. The molecule has 0 unspecified atom stereocenters. The number of halogens is 1. The minimum absolute atomic E-state index is 0.162. The Morgan fingerprint density at radius 3 is 2.78 bits per heavy atom. The van der Waals surface area contributed by atoms with E-state index in [-0.39, 0.29) is 5.91 Å². The van der Waals surface area contributed by atoms with Crippen LogP contribution in [0.5, 0.6) is 11.5 Å². The van der Waals surface area contributed by atoms with Crippen LogP contribution in [0.1, 0.15) is 10.4 Å². The number of rotatable bonds is 4. The Bertz CT molecular complexity index is 821. The predicted octanol–water partition coefficient (Wildman–Crippen LogP) is 4.97. The zero-order chi connectivity index (χ0) is 16.2. The third kappa shape index (κ3) is 3.60. The Kier molecular flexibility index (Phi) is 4.73. The fourth-order valence-electron chi connectivity index (χ4n) is 2.04. The van der Waals surface area contributed by atoms with Crippen LogP contribution in [0, 0.1) is 0 Å². The molecule has 0 aliphatic heterocycles. The molecular weight excluding hydrogens is 376 g/mol. The van der Waals surface area contributed by atoms with Crippen LogP contribution in [0.2, 0.25) is 0 Å². The van der Waals surface area contributed by atoms with Gasteiger partial charge >= 0.3 is 0 Å². The van der Waals surface area contributed by atoms with E-state index in [0.717, 1.165) is 4.47 Å². The van der Waals surface area contributed by atoms with Crippen molar-refractivity contribution >= 4 is 38.3 Å². The maximum Gasteiger partial charge on any atom is 0.263 e. The molecule has 4 nitrogen and oxygen atoms in total. The van der Waals surface area contributed by atoms with Gasteiger partial charge < -0.3 is 4.74 Å². The minimum Gasteiger partial charge on any atom is -0.456 e. The molecule has 0 spiro atoms. The number of hydrogen-bond acceptors (Lipinski definition) is 4. The molecule has 6 heteroatoms. The average Bonchev–Trinajstić information content (AvgIpc) is 3.08. The van der Waals surface area contributed by atoms with Gasteiger partial charge in [-0.15, -0.1) is 11.3 Å². The van der Waals surface area contributed by atoms with Gasteiger partial charge in [-0.1, -0.05) is 34.1 Å². The van der Waals surface area contributed by atoms with E-state index in [1.165, 1.54) is 16.2 Å². The van der Waals surface area contributed by atoms with Crippen LogP contribution in [0.3, 0.4) is 0 Å². The quantitative estimate of drug-likeness (QED) is 0.633. The predicted molar refractivity (Wildman–Crippen MR) is 95.5 cm³/mol. The zero-order valence-corrected chi connectivity index (χ0v) is 14.7. The maximum absolute atomic E-state index is 12.7. The van der Waals surface area contributed by atoms with Crippen molar-refractivity contribution in [2.45, 2.75) is 0 Å². The van der Waals surface area contributed by atoms with Gasteiger partial charge in [0.25, 0.3) is 5.91 Å². The first-order valence-electron chi connectivity index (χ1n) is 6.85. The van der Waals surface area contributed by atoms with Crippen molar-refractivity contribution in [2.75, 3.05) is 11.9 Å². The number of ether oxygens (including phenoxy) is 1. The number of nitrogens with zero attached hydrogens (tertiary/aromatic N) is 2. The second-order valence-electron chi connectivity index (χ2n) is 4.73. The number of thiazole rings is 1. The van der Waals surface area contributed by atoms with Gasteiger partial charge in [0.2, 0.25) is 0 Å². The van der Waals surface area contributed by atoms with Crippen molar-refractivity contribution in [3.63, 3.8) is 0 Å². The van der Waals surface area contributed by atoms with Crippen molar-refractivity contribution in [1.82, 2.24) is 4.98 Å². The molecular formula is C17H13BrN2O2S. The minimum atomic E-state index is -0.162. The second-order valence-corrected chi connectivity index (χ2v) is 6.52. The molecule has 3 aromatic rings. The summed E-state index contributed by atoms with van der Waals surface area (Å²) in [5.74, 6) is 1.01. The molecule has 0 radical (unpaired) electrons. The molecule has 1 heterocycles. The smallest absolute Gasteiger partial charge is 0.263 e.